The Balaban J connectivity index is 2.04. The largest absolute Gasteiger partial charge is 0.378 e. The van der Waals surface area contributed by atoms with Crippen LogP contribution in [0.3, 0.4) is 0 Å². The van der Waals surface area contributed by atoms with E-state index in [0.717, 1.165) is 10.1 Å². The summed E-state index contributed by atoms with van der Waals surface area (Å²) in [5, 5.41) is 8.88. The van der Waals surface area contributed by atoms with Gasteiger partial charge in [0.05, 0.1) is 30.4 Å². The fourth-order valence-corrected chi connectivity index (χ4v) is 2.77. The molecule has 1 aliphatic heterocycles. The Bertz CT molecular complexity index is 884. The summed E-state index contributed by atoms with van der Waals surface area (Å²) in [7, 11) is 1.46. The number of rotatable bonds is 3. The van der Waals surface area contributed by atoms with Crippen molar-refractivity contribution in [1.82, 2.24) is 9.55 Å². The fourth-order valence-electron chi connectivity index (χ4n) is 2.77. The molecule has 3 rings (SSSR count). The maximum atomic E-state index is 12.6. The average Bonchev–Trinajstić information content (AvgIpc) is 2.63. The highest BCUT2D eigenvalue weighted by molar-refractivity contribution is 5.48. The van der Waals surface area contributed by atoms with Crippen LogP contribution < -0.4 is 16.1 Å². The number of benzene rings is 1. The quantitative estimate of drug-likeness (QED) is 0.880. The number of aromatic nitrogens is 2. The number of ether oxygens (including phenoxy) is 1. The van der Waals surface area contributed by atoms with Gasteiger partial charge in [0.1, 0.15) is 5.82 Å². The summed E-state index contributed by atoms with van der Waals surface area (Å²) in [6, 6.07) is 9.17. The van der Waals surface area contributed by atoms with Gasteiger partial charge in [0.15, 0.2) is 0 Å². The van der Waals surface area contributed by atoms with Crippen LogP contribution in [0.4, 0.5) is 5.82 Å². The molecule has 0 unspecified atom stereocenters. The number of hydrogen-bond donors (Lipinski definition) is 1. The lowest BCUT2D eigenvalue weighted by atomic mass is 10.0. The van der Waals surface area contributed by atoms with Gasteiger partial charge in [0.2, 0.25) is 0 Å². The molecule has 1 saturated heterocycles. The van der Waals surface area contributed by atoms with E-state index in [1.165, 1.54) is 7.05 Å². The number of nitrogens with one attached hydrogen (secondary N) is 1. The topological polar surface area (TPSA) is 91.1 Å². The average molecular weight is 326 g/mol. The molecule has 0 aliphatic carbocycles. The van der Waals surface area contributed by atoms with Gasteiger partial charge in [-0.25, -0.2) is 4.79 Å². The van der Waals surface area contributed by atoms with Crippen LogP contribution in [-0.2, 0) is 18.2 Å². The summed E-state index contributed by atoms with van der Waals surface area (Å²) in [5.41, 5.74) is 1.30. The molecular formula is C17H18N4O3. The Labute approximate surface area is 138 Å². The molecule has 1 aliphatic rings. The third-order valence-electron chi connectivity index (χ3n) is 4.17. The molecule has 2 aromatic rings. The summed E-state index contributed by atoms with van der Waals surface area (Å²) < 4.78 is 6.43. The van der Waals surface area contributed by atoms with E-state index in [9.17, 15) is 9.59 Å². The van der Waals surface area contributed by atoms with E-state index in [1.54, 1.807) is 12.1 Å². The first-order chi connectivity index (χ1) is 11.6. The molecule has 1 N–H and O–H groups in total. The zero-order valence-electron chi connectivity index (χ0n) is 13.4. The Morgan fingerprint density at radius 3 is 2.50 bits per heavy atom. The van der Waals surface area contributed by atoms with Crippen LogP contribution in [0.2, 0.25) is 0 Å². The molecule has 0 atom stereocenters. The number of aromatic amines is 1. The van der Waals surface area contributed by atoms with Gasteiger partial charge in [0.25, 0.3) is 5.56 Å². The zero-order chi connectivity index (χ0) is 17.1. The smallest absolute Gasteiger partial charge is 0.329 e. The number of morpholine rings is 1. The van der Waals surface area contributed by atoms with Crippen molar-refractivity contribution in [1.29, 1.82) is 5.26 Å². The number of nitriles is 1. The molecule has 1 aromatic carbocycles. The molecule has 24 heavy (non-hydrogen) atoms. The SMILES string of the molecule is Cn1c(=O)[nH]c(N2CCOCC2)c(Cc2ccc(C#N)cc2)c1=O. The highest BCUT2D eigenvalue weighted by Crippen LogP contribution is 2.18. The third-order valence-corrected chi connectivity index (χ3v) is 4.17. The molecule has 0 bridgehead atoms. The van der Waals surface area contributed by atoms with E-state index in [-0.39, 0.29) is 5.56 Å². The number of H-pyrrole nitrogens is 1. The standard InChI is InChI=1S/C17H18N4O3/c1-20-16(22)14(10-12-2-4-13(11-18)5-3-12)15(19-17(20)23)21-6-8-24-9-7-21/h2-5H,6-10H2,1H3,(H,19,23). The highest BCUT2D eigenvalue weighted by atomic mass is 16.5. The monoisotopic (exact) mass is 326 g/mol. The van der Waals surface area contributed by atoms with Crippen molar-refractivity contribution in [2.45, 2.75) is 6.42 Å². The van der Waals surface area contributed by atoms with Gasteiger partial charge in [-0.05, 0) is 17.7 Å². The van der Waals surface area contributed by atoms with E-state index >= 15 is 0 Å². The molecular weight excluding hydrogens is 308 g/mol. The summed E-state index contributed by atoms with van der Waals surface area (Å²) in [4.78, 5) is 29.4. The van der Waals surface area contributed by atoms with E-state index < -0.39 is 5.69 Å². The fraction of sp³-hybridized carbons (Fsp3) is 0.353. The second kappa shape index (κ2) is 6.72. The van der Waals surface area contributed by atoms with Gasteiger partial charge in [-0.3, -0.25) is 14.3 Å². The van der Waals surface area contributed by atoms with E-state index in [1.807, 2.05) is 17.0 Å². The van der Waals surface area contributed by atoms with Gasteiger partial charge in [-0.15, -0.1) is 0 Å². The zero-order valence-corrected chi connectivity index (χ0v) is 13.4. The molecule has 0 amide bonds. The summed E-state index contributed by atoms with van der Waals surface area (Å²) >= 11 is 0. The minimum Gasteiger partial charge on any atom is -0.378 e. The lowest BCUT2D eigenvalue weighted by Gasteiger charge is -2.29. The van der Waals surface area contributed by atoms with Gasteiger partial charge in [0, 0.05) is 26.6 Å². The van der Waals surface area contributed by atoms with Gasteiger partial charge in [-0.1, -0.05) is 12.1 Å². The van der Waals surface area contributed by atoms with Crippen molar-refractivity contribution >= 4 is 5.82 Å². The lowest BCUT2D eigenvalue weighted by Crippen LogP contribution is -2.43. The van der Waals surface area contributed by atoms with Crippen LogP contribution in [0.5, 0.6) is 0 Å². The Morgan fingerprint density at radius 2 is 1.88 bits per heavy atom. The lowest BCUT2D eigenvalue weighted by molar-refractivity contribution is 0.122. The second-order valence-corrected chi connectivity index (χ2v) is 5.71. The minimum absolute atomic E-state index is 0.301. The molecule has 7 heteroatoms. The minimum atomic E-state index is -0.426. The molecule has 124 valence electrons. The normalized spacial score (nSPS) is 14.4. The summed E-state index contributed by atoms with van der Waals surface area (Å²) in [5.74, 6) is 0.566. The maximum Gasteiger partial charge on any atom is 0.329 e. The van der Waals surface area contributed by atoms with Gasteiger partial charge < -0.3 is 9.64 Å². The molecule has 7 nitrogen and oxygen atoms in total. The Kier molecular flexibility index (Phi) is 4.49. The van der Waals surface area contributed by atoms with Crippen LogP contribution in [0.15, 0.2) is 33.9 Å². The molecule has 1 fully saturated rings. The van der Waals surface area contributed by atoms with Crippen molar-refractivity contribution in [2.24, 2.45) is 7.05 Å². The molecule has 0 spiro atoms. The predicted octanol–water partition coefficient (Wildman–Crippen LogP) is 0.373. The van der Waals surface area contributed by atoms with Crippen molar-refractivity contribution in [3.05, 3.63) is 61.8 Å². The van der Waals surface area contributed by atoms with Crippen LogP contribution in [-0.4, -0.2) is 35.9 Å². The molecule has 0 saturated carbocycles. The number of anilines is 1. The Morgan fingerprint density at radius 1 is 1.21 bits per heavy atom. The first-order valence-corrected chi connectivity index (χ1v) is 7.74. The number of hydrogen-bond acceptors (Lipinski definition) is 5. The van der Waals surface area contributed by atoms with Crippen LogP contribution in [0.25, 0.3) is 0 Å². The van der Waals surface area contributed by atoms with E-state index in [0.29, 0.717) is 49.7 Å². The maximum absolute atomic E-state index is 12.6. The van der Waals surface area contributed by atoms with Crippen LogP contribution >= 0.6 is 0 Å². The van der Waals surface area contributed by atoms with Crippen LogP contribution in [0, 0.1) is 11.3 Å². The summed E-state index contributed by atoms with van der Waals surface area (Å²) in [6.07, 6.45) is 0.391. The third kappa shape index (κ3) is 3.09. The molecule has 0 radical (unpaired) electrons. The van der Waals surface area contributed by atoms with Crippen molar-refractivity contribution in [3.8, 4) is 6.07 Å². The van der Waals surface area contributed by atoms with Crippen molar-refractivity contribution in [2.75, 3.05) is 31.2 Å². The highest BCUT2D eigenvalue weighted by Gasteiger charge is 2.20. The van der Waals surface area contributed by atoms with Gasteiger partial charge >= 0.3 is 5.69 Å². The first-order valence-electron chi connectivity index (χ1n) is 7.74. The van der Waals surface area contributed by atoms with Gasteiger partial charge in [-0.2, -0.15) is 5.26 Å². The predicted molar refractivity (Wildman–Crippen MR) is 89.3 cm³/mol. The van der Waals surface area contributed by atoms with Crippen molar-refractivity contribution in [3.63, 3.8) is 0 Å². The first kappa shape index (κ1) is 16.0. The molecule has 2 heterocycles. The van der Waals surface area contributed by atoms with E-state index in [2.05, 4.69) is 11.1 Å². The Hall–Kier alpha value is -2.85. The van der Waals surface area contributed by atoms with E-state index in [4.69, 9.17) is 10.00 Å². The second-order valence-electron chi connectivity index (χ2n) is 5.71. The molecule has 1 aromatic heterocycles. The van der Waals surface area contributed by atoms with Crippen molar-refractivity contribution < 1.29 is 4.74 Å². The number of nitrogens with zero attached hydrogens (tertiary/aromatic N) is 3. The van der Waals surface area contributed by atoms with Crippen LogP contribution in [0.1, 0.15) is 16.7 Å². The summed E-state index contributed by atoms with van der Waals surface area (Å²) in [6.45, 7) is 2.38.